The fourth-order valence-electron chi connectivity index (χ4n) is 3.50. The Morgan fingerprint density at radius 3 is 2.24 bits per heavy atom. The van der Waals surface area contributed by atoms with Crippen molar-refractivity contribution in [3.63, 3.8) is 0 Å². The van der Waals surface area contributed by atoms with Gasteiger partial charge >= 0.3 is 0 Å². The van der Waals surface area contributed by atoms with Crippen LogP contribution in [0.2, 0.25) is 0 Å². The molecule has 0 atom stereocenters. The second-order valence-electron chi connectivity index (χ2n) is 7.31. The van der Waals surface area contributed by atoms with Crippen LogP contribution in [0.25, 0.3) is 0 Å². The maximum Gasteiger partial charge on any atom is 0.177 e. The molecule has 0 unspecified atom stereocenters. The summed E-state index contributed by atoms with van der Waals surface area (Å²) in [5.74, 6) is 0.788. The molecule has 2 aromatic rings. The lowest BCUT2D eigenvalue weighted by molar-refractivity contribution is 0.415. The molecule has 0 aliphatic carbocycles. The Hall–Kier alpha value is -2.26. The van der Waals surface area contributed by atoms with Crippen LogP contribution in [0.15, 0.2) is 52.3 Å². The van der Waals surface area contributed by atoms with E-state index < -0.39 is 19.7 Å². The quantitative estimate of drug-likeness (QED) is 0.741. The van der Waals surface area contributed by atoms with Gasteiger partial charge in [-0.15, -0.1) is 0 Å². The summed E-state index contributed by atoms with van der Waals surface area (Å²) in [5, 5.41) is 3.50. The standard InChI is InChI=1S/C20H26N2O5S2/c1-27-17-6-4-5-16(13-17)21-15-9-11-22(12-10-15)19-8-7-18(28(2,23)24)14-20(19)29(3,25)26/h4-8,13-15,21H,9-12H2,1-3H3. The van der Waals surface area contributed by atoms with Gasteiger partial charge in [0.25, 0.3) is 0 Å². The summed E-state index contributed by atoms with van der Waals surface area (Å²) in [6.07, 6.45) is 3.83. The molecule has 2 aromatic carbocycles. The molecule has 1 saturated heterocycles. The minimum Gasteiger partial charge on any atom is -0.497 e. The molecule has 0 saturated carbocycles. The third kappa shape index (κ3) is 5.22. The number of piperidine rings is 1. The Morgan fingerprint density at radius 2 is 1.66 bits per heavy atom. The third-order valence-electron chi connectivity index (χ3n) is 5.04. The molecule has 1 fully saturated rings. The van der Waals surface area contributed by atoms with Crippen molar-refractivity contribution in [2.24, 2.45) is 0 Å². The molecular formula is C20H26N2O5S2. The smallest absolute Gasteiger partial charge is 0.177 e. The number of ether oxygens (including phenoxy) is 1. The van der Waals surface area contributed by atoms with E-state index in [-0.39, 0.29) is 15.8 Å². The zero-order valence-electron chi connectivity index (χ0n) is 16.8. The number of benzene rings is 2. The first kappa shape index (κ1) is 21.4. The highest BCUT2D eigenvalue weighted by Crippen LogP contribution is 2.31. The number of rotatable bonds is 6. The molecule has 1 aliphatic rings. The van der Waals surface area contributed by atoms with Gasteiger partial charge in [0, 0.05) is 43.4 Å². The second-order valence-corrected chi connectivity index (χ2v) is 11.3. The average molecular weight is 439 g/mol. The van der Waals surface area contributed by atoms with E-state index in [9.17, 15) is 16.8 Å². The average Bonchev–Trinajstić information content (AvgIpc) is 2.67. The van der Waals surface area contributed by atoms with E-state index in [4.69, 9.17) is 4.74 Å². The van der Waals surface area contributed by atoms with Crippen molar-refractivity contribution < 1.29 is 21.6 Å². The highest BCUT2D eigenvalue weighted by molar-refractivity contribution is 7.91. The summed E-state index contributed by atoms with van der Waals surface area (Å²) in [6, 6.07) is 12.3. The van der Waals surface area contributed by atoms with Gasteiger partial charge in [-0.2, -0.15) is 0 Å². The molecule has 0 bridgehead atoms. The maximum absolute atomic E-state index is 12.3. The van der Waals surface area contributed by atoms with Crippen LogP contribution in [0.1, 0.15) is 12.8 Å². The van der Waals surface area contributed by atoms with Gasteiger partial charge in [-0.05, 0) is 43.2 Å². The highest BCUT2D eigenvalue weighted by atomic mass is 32.2. The largest absolute Gasteiger partial charge is 0.497 e. The number of hydrogen-bond acceptors (Lipinski definition) is 7. The van der Waals surface area contributed by atoms with Crippen LogP contribution in [0.3, 0.4) is 0 Å². The van der Waals surface area contributed by atoms with E-state index in [2.05, 4.69) is 5.32 Å². The normalized spacial score (nSPS) is 15.9. The van der Waals surface area contributed by atoms with Gasteiger partial charge < -0.3 is 15.0 Å². The first-order valence-corrected chi connectivity index (χ1v) is 13.1. The molecule has 1 heterocycles. The summed E-state index contributed by atoms with van der Waals surface area (Å²) >= 11 is 0. The van der Waals surface area contributed by atoms with Gasteiger partial charge in [-0.1, -0.05) is 6.07 Å². The first-order valence-electron chi connectivity index (χ1n) is 9.27. The lowest BCUT2D eigenvalue weighted by atomic mass is 10.0. The Morgan fingerprint density at radius 1 is 0.966 bits per heavy atom. The molecular weight excluding hydrogens is 412 g/mol. The van der Waals surface area contributed by atoms with E-state index >= 15 is 0 Å². The van der Waals surface area contributed by atoms with Crippen LogP contribution in [0.5, 0.6) is 5.75 Å². The predicted octanol–water partition coefficient (Wildman–Crippen LogP) is 2.58. The van der Waals surface area contributed by atoms with Gasteiger partial charge in [0.2, 0.25) is 0 Å². The Labute approximate surface area is 172 Å². The van der Waals surface area contributed by atoms with Gasteiger partial charge in [0.1, 0.15) is 5.75 Å². The van der Waals surface area contributed by atoms with E-state index in [1.807, 2.05) is 29.2 Å². The number of hydrogen-bond donors (Lipinski definition) is 1. The fourth-order valence-corrected chi connectivity index (χ4v) is 5.14. The number of sulfone groups is 2. The zero-order chi connectivity index (χ0) is 21.2. The van der Waals surface area contributed by atoms with Crippen molar-refractivity contribution in [1.82, 2.24) is 0 Å². The second kappa shape index (κ2) is 8.23. The Kier molecular flexibility index (Phi) is 6.09. The van der Waals surface area contributed by atoms with Crippen LogP contribution in [-0.4, -0.2) is 55.6 Å². The predicted molar refractivity (Wildman–Crippen MR) is 115 cm³/mol. The first-order chi connectivity index (χ1) is 13.6. The summed E-state index contributed by atoms with van der Waals surface area (Å²) in [6.45, 7) is 1.34. The SMILES string of the molecule is COc1cccc(NC2CCN(c3ccc(S(C)(=O)=O)cc3S(C)(=O)=O)CC2)c1. The van der Waals surface area contributed by atoms with Crippen molar-refractivity contribution in [3.8, 4) is 5.75 Å². The number of anilines is 2. The summed E-state index contributed by atoms with van der Waals surface area (Å²) < 4.78 is 53.5. The summed E-state index contributed by atoms with van der Waals surface area (Å²) in [7, 11) is -5.43. The molecule has 0 aromatic heterocycles. The molecule has 7 nitrogen and oxygen atoms in total. The third-order valence-corrected chi connectivity index (χ3v) is 7.27. The van der Waals surface area contributed by atoms with Crippen LogP contribution >= 0.6 is 0 Å². The van der Waals surface area contributed by atoms with Crippen LogP contribution in [-0.2, 0) is 19.7 Å². The van der Waals surface area contributed by atoms with E-state index in [0.717, 1.165) is 36.8 Å². The van der Waals surface area contributed by atoms with Gasteiger partial charge in [0.05, 0.1) is 22.6 Å². The number of nitrogens with one attached hydrogen (secondary N) is 1. The summed E-state index contributed by atoms with van der Waals surface area (Å²) in [5.41, 5.74) is 1.54. The van der Waals surface area contributed by atoms with Crippen molar-refractivity contribution in [1.29, 1.82) is 0 Å². The number of methoxy groups -OCH3 is 1. The van der Waals surface area contributed by atoms with Gasteiger partial charge in [-0.25, -0.2) is 16.8 Å². The maximum atomic E-state index is 12.3. The molecule has 0 spiro atoms. The lowest BCUT2D eigenvalue weighted by Crippen LogP contribution is -2.39. The monoisotopic (exact) mass is 438 g/mol. The van der Waals surface area contributed by atoms with Crippen LogP contribution in [0, 0.1) is 0 Å². The van der Waals surface area contributed by atoms with Gasteiger partial charge in [0.15, 0.2) is 19.7 Å². The zero-order valence-corrected chi connectivity index (χ0v) is 18.4. The minimum atomic E-state index is -3.57. The topological polar surface area (TPSA) is 92.8 Å². The van der Waals surface area contributed by atoms with Crippen molar-refractivity contribution >= 4 is 31.0 Å². The van der Waals surface area contributed by atoms with E-state index in [1.54, 1.807) is 13.2 Å². The van der Waals surface area contributed by atoms with Crippen LogP contribution in [0.4, 0.5) is 11.4 Å². The van der Waals surface area contributed by atoms with Crippen molar-refractivity contribution in [3.05, 3.63) is 42.5 Å². The molecule has 0 radical (unpaired) electrons. The molecule has 3 rings (SSSR count). The van der Waals surface area contributed by atoms with Gasteiger partial charge in [-0.3, -0.25) is 0 Å². The highest BCUT2D eigenvalue weighted by Gasteiger charge is 2.25. The fraction of sp³-hybridized carbons (Fsp3) is 0.400. The van der Waals surface area contributed by atoms with Crippen molar-refractivity contribution in [2.45, 2.75) is 28.7 Å². The molecule has 1 aliphatic heterocycles. The molecule has 0 amide bonds. The summed E-state index contributed by atoms with van der Waals surface area (Å²) in [4.78, 5) is 2.07. The van der Waals surface area contributed by atoms with Crippen molar-refractivity contribution in [2.75, 3.05) is 42.9 Å². The van der Waals surface area contributed by atoms with E-state index in [1.165, 1.54) is 12.1 Å². The molecule has 1 N–H and O–H groups in total. The van der Waals surface area contributed by atoms with Crippen LogP contribution < -0.4 is 15.0 Å². The Bertz CT molecular complexity index is 1090. The molecule has 158 valence electrons. The lowest BCUT2D eigenvalue weighted by Gasteiger charge is -2.35. The van der Waals surface area contributed by atoms with E-state index in [0.29, 0.717) is 18.8 Å². The number of nitrogens with zero attached hydrogens (tertiary/aromatic N) is 1. The minimum absolute atomic E-state index is 0.0104. The molecule has 29 heavy (non-hydrogen) atoms. The molecule has 9 heteroatoms. The Balaban J connectivity index is 1.76.